The fourth-order valence-corrected chi connectivity index (χ4v) is 1.60. The average Bonchev–Trinajstić information content (AvgIpc) is 1.65. The lowest BCUT2D eigenvalue weighted by Gasteiger charge is -2.03. The van der Waals surface area contributed by atoms with Gasteiger partial charge in [0.1, 0.15) is 4.84 Å². The second-order valence-corrected chi connectivity index (χ2v) is 3.80. The minimum Gasteiger partial charge on any atom is -0.121 e. The van der Waals surface area contributed by atoms with Crippen molar-refractivity contribution in [2.24, 2.45) is 0 Å². The van der Waals surface area contributed by atoms with Gasteiger partial charge in [0.15, 0.2) is 0 Å². The summed E-state index contributed by atoms with van der Waals surface area (Å²) in [4.78, 5) is -0.390. The van der Waals surface area contributed by atoms with Gasteiger partial charge in [0.05, 0.1) is 5.38 Å². The van der Waals surface area contributed by atoms with Gasteiger partial charge in [0.25, 0.3) is 0 Å². The van der Waals surface area contributed by atoms with Gasteiger partial charge in [-0.05, 0) is 0 Å². The van der Waals surface area contributed by atoms with Crippen molar-refractivity contribution in [3.63, 3.8) is 0 Å². The monoisotopic (exact) mass is 174 g/mol. The van der Waals surface area contributed by atoms with E-state index in [-0.39, 0.29) is 10.2 Å². The highest BCUT2D eigenvalue weighted by atomic mass is 35.5. The number of halogens is 3. The third-order valence-corrected chi connectivity index (χ3v) is 3.49. The van der Waals surface area contributed by atoms with Crippen LogP contribution < -0.4 is 0 Å². The Morgan fingerprint density at radius 1 is 1.29 bits per heavy atom. The smallest absolute Gasteiger partial charge is 0.121 e. The van der Waals surface area contributed by atoms with Gasteiger partial charge in [-0.15, -0.1) is 34.8 Å². The average molecular weight is 175 g/mol. The highest BCUT2D eigenvalue weighted by Gasteiger charge is 2.08. The summed E-state index contributed by atoms with van der Waals surface area (Å²) in [6.45, 7) is 0. The molecule has 4 heteroatoms. The van der Waals surface area contributed by atoms with Crippen molar-refractivity contribution >= 4 is 51.1 Å². The molecule has 0 bridgehead atoms. The largest absolute Gasteiger partial charge is 0.214 e. The molecule has 7 heavy (non-hydrogen) atoms. The third-order valence-electron chi connectivity index (χ3n) is 0.663. The number of alkyl halides is 3. The molecule has 0 heterocycles. The molecule has 0 spiro atoms. The molecule has 0 aliphatic carbocycles. The topological polar surface area (TPSA) is 0 Å². The molecular weight excluding hydrogens is 169 g/mol. The summed E-state index contributed by atoms with van der Waals surface area (Å²) in [5.41, 5.74) is 0. The van der Waals surface area contributed by atoms with E-state index in [9.17, 15) is 0 Å². The van der Waals surface area contributed by atoms with Crippen LogP contribution in [0.15, 0.2) is 0 Å². The van der Waals surface area contributed by atoms with Crippen LogP contribution in [0.5, 0.6) is 0 Å². The molecule has 0 amide bonds. The molecule has 1 atom stereocenters. The lowest BCUT2D eigenvalue weighted by molar-refractivity contribution is 1.04. The van der Waals surface area contributed by atoms with E-state index in [4.69, 9.17) is 34.8 Å². The molecule has 1 unspecified atom stereocenters. The Morgan fingerprint density at radius 3 is 1.71 bits per heavy atom. The van der Waals surface area contributed by atoms with E-state index < -0.39 is 0 Å². The lowest BCUT2D eigenvalue weighted by Crippen LogP contribution is -2.06. The Balaban J connectivity index is 3.14. The van der Waals surface area contributed by atoms with E-state index in [1.807, 2.05) is 0 Å². The van der Waals surface area contributed by atoms with Gasteiger partial charge in [-0.2, -0.15) is 0 Å². The molecule has 0 aliphatic heterocycles. The Bertz CT molecular complexity index is 47.4. The van der Waals surface area contributed by atoms with Crippen LogP contribution in [-0.2, 0) is 0 Å². The molecule has 0 N–H and O–H groups in total. The van der Waals surface area contributed by atoms with Gasteiger partial charge < -0.3 is 0 Å². The second kappa shape index (κ2) is 4.30. The van der Waals surface area contributed by atoms with E-state index in [1.165, 1.54) is 0 Å². The first kappa shape index (κ1) is 8.40. The van der Waals surface area contributed by atoms with Crippen molar-refractivity contribution in [3.05, 3.63) is 0 Å². The van der Waals surface area contributed by atoms with Crippen molar-refractivity contribution in [1.29, 1.82) is 0 Å². The first-order valence-electron chi connectivity index (χ1n) is 2.10. The quantitative estimate of drug-likeness (QED) is 0.440. The van der Waals surface area contributed by atoms with Crippen molar-refractivity contribution < 1.29 is 0 Å². The molecule has 0 aromatic carbocycles. The van der Waals surface area contributed by atoms with Crippen LogP contribution in [0.3, 0.4) is 0 Å². The minimum absolute atomic E-state index is 0.0324. The first-order valence-corrected chi connectivity index (χ1v) is 4.83. The van der Waals surface area contributed by atoms with Crippen LogP contribution in [-0.4, -0.2) is 26.5 Å². The van der Waals surface area contributed by atoms with Gasteiger partial charge >= 0.3 is 0 Å². The molecule has 42 valence electrons. The SMILES string of the molecule is [AlH2][CH2]C(Cl)C(Cl)Cl. The maximum atomic E-state index is 5.57. The predicted molar refractivity (Wildman–Crippen MR) is 38.5 cm³/mol. The zero-order valence-corrected chi connectivity index (χ0v) is 8.26. The molecule has 0 saturated heterocycles. The molecule has 0 aromatic rings. The van der Waals surface area contributed by atoms with E-state index >= 15 is 0 Å². The van der Waals surface area contributed by atoms with Crippen LogP contribution in [0.2, 0.25) is 5.28 Å². The van der Waals surface area contributed by atoms with Gasteiger partial charge in [0.2, 0.25) is 16.3 Å². The summed E-state index contributed by atoms with van der Waals surface area (Å²) in [7, 11) is 0. The Hall–Kier alpha value is 1.40. The molecule has 0 aliphatic rings. The summed E-state index contributed by atoms with van der Waals surface area (Å²) >= 11 is 17.4. The summed E-state index contributed by atoms with van der Waals surface area (Å²) in [5.74, 6) is 0. The number of rotatable bonds is 2. The molecule has 0 radical (unpaired) electrons. The zero-order valence-electron chi connectivity index (χ0n) is 4.00. The minimum atomic E-state index is -0.390. The number of hydrogen-bond acceptors (Lipinski definition) is 0. The molecule has 0 nitrogen and oxygen atoms in total. The standard InChI is InChI=1S/C3H4Cl3.Al.2H/c1-2(4)3(5)6;;;/h2-3H,1H2;;;. The Morgan fingerprint density at radius 2 is 1.71 bits per heavy atom. The van der Waals surface area contributed by atoms with Crippen LogP contribution in [0.1, 0.15) is 0 Å². The second-order valence-electron chi connectivity index (χ2n) is 1.26. The van der Waals surface area contributed by atoms with Gasteiger partial charge in [-0.25, -0.2) is 0 Å². The van der Waals surface area contributed by atoms with Crippen molar-refractivity contribution in [1.82, 2.24) is 0 Å². The van der Waals surface area contributed by atoms with Crippen LogP contribution in [0.25, 0.3) is 0 Å². The molecule has 0 rings (SSSR count). The van der Waals surface area contributed by atoms with Gasteiger partial charge in [0, 0.05) is 0 Å². The summed E-state index contributed by atoms with van der Waals surface area (Å²) in [6.07, 6.45) is 0. The Labute approximate surface area is 66.5 Å². The van der Waals surface area contributed by atoms with Gasteiger partial charge in [-0.3, -0.25) is 0 Å². The van der Waals surface area contributed by atoms with Crippen molar-refractivity contribution in [3.8, 4) is 0 Å². The zero-order chi connectivity index (χ0) is 5.86. The summed E-state index contributed by atoms with van der Waals surface area (Å²) < 4.78 is 0. The maximum absolute atomic E-state index is 5.57. The summed E-state index contributed by atoms with van der Waals surface area (Å²) in [6, 6.07) is 0. The maximum Gasteiger partial charge on any atom is 0.214 e. The van der Waals surface area contributed by atoms with Crippen molar-refractivity contribution in [2.75, 3.05) is 0 Å². The molecule has 0 saturated carbocycles. The molecular formula is C3H6AlCl3. The fourth-order valence-electron chi connectivity index (χ4n) is 0.178. The highest BCUT2D eigenvalue weighted by Crippen LogP contribution is 2.15. The van der Waals surface area contributed by atoms with Crippen molar-refractivity contribution in [2.45, 2.75) is 15.5 Å². The Kier molecular flexibility index (Phi) is 5.16. The first-order chi connectivity index (χ1) is 3.18. The van der Waals surface area contributed by atoms with Crippen LogP contribution >= 0.6 is 34.8 Å². The van der Waals surface area contributed by atoms with E-state index in [2.05, 4.69) is 0 Å². The molecule has 0 fully saturated rings. The van der Waals surface area contributed by atoms with E-state index in [0.717, 1.165) is 21.6 Å². The van der Waals surface area contributed by atoms with Crippen LogP contribution in [0, 0.1) is 0 Å². The number of hydrogen-bond donors (Lipinski definition) is 0. The van der Waals surface area contributed by atoms with Gasteiger partial charge in [-0.1, -0.05) is 5.28 Å². The molecule has 0 aromatic heterocycles. The van der Waals surface area contributed by atoms with E-state index in [1.54, 1.807) is 0 Å². The fraction of sp³-hybridized carbons (Fsp3) is 1.00. The highest BCUT2D eigenvalue weighted by molar-refractivity contribution is 6.49. The third kappa shape index (κ3) is 3.94. The summed E-state index contributed by atoms with van der Waals surface area (Å²) in [5, 5.41) is 0.925. The lowest BCUT2D eigenvalue weighted by atomic mass is 10.5. The predicted octanol–water partition coefficient (Wildman–Crippen LogP) is 1.45. The van der Waals surface area contributed by atoms with E-state index in [0.29, 0.717) is 0 Å². The van der Waals surface area contributed by atoms with Crippen LogP contribution in [0.4, 0.5) is 0 Å². The normalized spacial score (nSPS) is 14.9.